The second-order valence-corrected chi connectivity index (χ2v) is 7.49. The summed E-state index contributed by atoms with van der Waals surface area (Å²) in [7, 11) is 0. The molecule has 5 nitrogen and oxygen atoms in total. The minimum atomic E-state index is 0.0380. The molecule has 0 atom stereocenters. The van der Waals surface area contributed by atoms with Crippen molar-refractivity contribution in [2.24, 2.45) is 0 Å². The molecule has 0 aliphatic carbocycles. The normalized spacial score (nSPS) is 14.6. The maximum Gasteiger partial charge on any atom is 0.262 e. The van der Waals surface area contributed by atoms with E-state index in [1.165, 1.54) is 0 Å². The summed E-state index contributed by atoms with van der Waals surface area (Å²) in [6, 6.07) is 9.52. The number of benzene rings is 1. The Morgan fingerprint density at radius 3 is 2.85 bits per heavy atom. The Hall–Kier alpha value is -2.91. The molecule has 0 bridgehead atoms. The van der Waals surface area contributed by atoms with Crippen LogP contribution in [0, 0.1) is 25.2 Å². The van der Waals surface area contributed by atoms with Crippen LogP contribution in [-0.2, 0) is 6.54 Å². The predicted octanol–water partition coefficient (Wildman–Crippen LogP) is 3.92. The van der Waals surface area contributed by atoms with E-state index in [4.69, 9.17) is 15.0 Å². The molecule has 2 aromatic heterocycles. The van der Waals surface area contributed by atoms with Crippen LogP contribution in [-0.4, -0.2) is 16.2 Å². The van der Waals surface area contributed by atoms with Crippen molar-refractivity contribution in [3.63, 3.8) is 0 Å². The van der Waals surface area contributed by atoms with Crippen LogP contribution in [0.2, 0.25) is 0 Å². The van der Waals surface area contributed by atoms with Crippen molar-refractivity contribution in [2.45, 2.75) is 26.8 Å². The van der Waals surface area contributed by atoms with E-state index in [-0.39, 0.29) is 12.2 Å². The quantitative estimate of drug-likeness (QED) is 0.707. The molecule has 3 aromatic rings. The zero-order chi connectivity index (χ0) is 18.3. The first-order chi connectivity index (χ1) is 12.6. The third-order valence-electron chi connectivity index (χ3n) is 4.71. The zero-order valence-corrected chi connectivity index (χ0v) is 15.4. The van der Waals surface area contributed by atoms with Crippen molar-refractivity contribution in [3.05, 3.63) is 56.4 Å². The maximum atomic E-state index is 12.9. The molecule has 0 radical (unpaired) electrons. The van der Waals surface area contributed by atoms with Gasteiger partial charge in [0.2, 0.25) is 0 Å². The Bertz CT molecular complexity index is 1130. The molecule has 1 aromatic carbocycles. The summed E-state index contributed by atoms with van der Waals surface area (Å²) < 4.78 is 7.07. The van der Waals surface area contributed by atoms with Crippen molar-refractivity contribution < 1.29 is 4.74 Å². The molecule has 0 N–H and O–H groups in total. The SMILES string of the molecule is Cc1sc2nc3n(c(=O)c2c1C)CC/C3=C/c1ccc(OCC#N)cc1. The predicted molar refractivity (Wildman–Crippen MR) is 103 cm³/mol. The van der Waals surface area contributed by atoms with Crippen molar-refractivity contribution in [1.29, 1.82) is 5.26 Å². The average Bonchev–Trinajstić information content (AvgIpc) is 3.16. The molecular formula is C20H17N3O2S. The standard InChI is InChI=1S/C20H17N3O2S/c1-12-13(2)26-19-17(12)20(24)23-9-7-15(18(23)22-19)11-14-3-5-16(6-4-14)25-10-8-21/h3-6,11H,7,9-10H2,1-2H3/b15-11-. The molecule has 1 aliphatic rings. The minimum Gasteiger partial charge on any atom is -0.479 e. The third-order valence-corrected chi connectivity index (χ3v) is 5.81. The lowest BCUT2D eigenvalue weighted by molar-refractivity contribution is 0.368. The van der Waals surface area contributed by atoms with Gasteiger partial charge in [0.1, 0.15) is 22.5 Å². The number of hydrogen-bond acceptors (Lipinski definition) is 5. The fourth-order valence-corrected chi connectivity index (χ4v) is 4.26. The van der Waals surface area contributed by atoms with Gasteiger partial charge in [-0.05, 0) is 55.2 Å². The van der Waals surface area contributed by atoms with Crippen molar-refractivity contribution in [2.75, 3.05) is 6.61 Å². The summed E-state index contributed by atoms with van der Waals surface area (Å²) >= 11 is 1.58. The summed E-state index contributed by atoms with van der Waals surface area (Å²) in [4.78, 5) is 19.6. The van der Waals surface area contributed by atoms with Gasteiger partial charge in [0.25, 0.3) is 5.56 Å². The number of allylic oxidation sites excluding steroid dienone is 1. The first-order valence-corrected chi connectivity index (χ1v) is 9.21. The molecule has 3 heterocycles. The Labute approximate surface area is 154 Å². The smallest absolute Gasteiger partial charge is 0.262 e. The van der Waals surface area contributed by atoms with E-state index in [1.807, 2.05) is 44.2 Å². The molecule has 0 fully saturated rings. The molecule has 130 valence electrons. The van der Waals surface area contributed by atoms with Crippen molar-refractivity contribution in [1.82, 2.24) is 9.55 Å². The molecular weight excluding hydrogens is 346 g/mol. The number of rotatable bonds is 3. The topological polar surface area (TPSA) is 67.9 Å². The molecule has 26 heavy (non-hydrogen) atoms. The monoisotopic (exact) mass is 363 g/mol. The summed E-state index contributed by atoms with van der Waals surface area (Å²) in [5.74, 6) is 1.44. The second kappa shape index (κ2) is 6.43. The van der Waals surface area contributed by atoms with Gasteiger partial charge in [0.05, 0.1) is 5.39 Å². The van der Waals surface area contributed by atoms with E-state index >= 15 is 0 Å². The highest BCUT2D eigenvalue weighted by molar-refractivity contribution is 7.18. The van der Waals surface area contributed by atoms with E-state index in [0.717, 1.165) is 44.0 Å². The Morgan fingerprint density at radius 1 is 1.35 bits per heavy atom. The largest absolute Gasteiger partial charge is 0.479 e. The summed E-state index contributed by atoms with van der Waals surface area (Å²) in [5.41, 5.74) is 3.20. The number of nitrogens with zero attached hydrogens (tertiary/aromatic N) is 3. The summed E-state index contributed by atoms with van der Waals surface area (Å²) in [6.07, 6.45) is 2.86. The number of nitriles is 1. The van der Waals surface area contributed by atoms with Gasteiger partial charge in [0.15, 0.2) is 6.61 Å². The van der Waals surface area contributed by atoms with E-state index in [0.29, 0.717) is 12.3 Å². The third kappa shape index (κ3) is 2.71. The lowest BCUT2D eigenvalue weighted by Gasteiger charge is -2.04. The molecule has 0 unspecified atom stereocenters. The summed E-state index contributed by atoms with van der Waals surface area (Å²) in [6.45, 7) is 4.73. The van der Waals surface area contributed by atoms with Gasteiger partial charge < -0.3 is 4.74 Å². The van der Waals surface area contributed by atoms with Crippen LogP contribution in [0.15, 0.2) is 29.1 Å². The highest BCUT2D eigenvalue weighted by atomic mass is 32.1. The Balaban J connectivity index is 1.73. The van der Waals surface area contributed by atoms with Crippen LogP contribution >= 0.6 is 11.3 Å². The van der Waals surface area contributed by atoms with Gasteiger partial charge in [-0.25, -0.2) is 4.98 Å². The number of ether oxygens (including phenoxy) is 1. The molecule has 1 aliphatic heterocycles. The number of aromatic nitrogens is 2. The first-order valence-electron chi connectivity index (χ1n) is 8.40. The molecule has 6 heteroatoms. The summed E-state index contributed by atoms with van der Waals surface area (Å²) in [5, 5.41) is 9.32. The van der Waals surface area contributed by atoms with Gasteiger partial charge in [-0.15, -0.1) is 11.3 Å². The number of aryl methyl sites for hydroxylation is 2. The zero-order valence-electron chi connectivity index (χ0n) is 14.6. The molecule has 0 spiro atoms. The van der Waals surface area contributed by atoms with Crippen LogP contribution in [0.25, 0.3) is 21.9 Å². The number of hydrogen-bond donors (Lipinski definition) is 0. The van der Waals surface area contributed by atoms with E-state index in [1.54, 1.807) is 15.9 Å². The average molecular weight is 363 g/mol. The van der Waals surface area contributed by atoms with Crippen LogP contribution < -0.4 is 10.3 Å². The number of thiophene rings is 1. The Kier molecular flexibility index (Phi) is 4.09. The Morgan fingerprint density at radius 2 is 2.12 bits per heavy atom. The number of fused-ring (bicyclic) bond motifs is 2. The lowest BCUT2D eigenvalue weighted by Crippen LogP contribution is -2.20. The maximum absolute atomic E-state index is 12.9. The van der Waals surface area contributed by atoms with Crippen molar-refractivity contribution in [3.8, 4) is 11.8 Å². The van der Waals surface area contributed by atoms with Gasteiger partial charge in [-0.1, -0.05) is 12.1 Å². The highest BCUT2D eigenvalue weighted by Crippen LogP contribution is 2.32. The molecule has 0 saturated carbocycles. The van der Waals surface area contributed by atoms with Gasteiger partial charge in [-0.3, -0.25) is 9.36 Å². The van der Waals surface area contributed by atoms with Gasteiger partial charge >= 0.3 is 0 Å². The molecule has 4 rings (SSSR count). The van der Waals surface area contributed by atoms with Crippen LogP contribution in [0.1, 0.15) is 28.2 Å². The second-order valence-electron chi connectivity index (χ2n) is 6.29. The van der Waals surface area contributed by atoms with Crippen LogP contribution in [0.4, 0.5) is 0 Å². The lowest BCUT2D eigenvalue weighted by atomic mass is 10.1. The highest BCUT2D eigenvalue weighted by Gasteiger charge is 2.23. The molecule has 0 saturated heterocycles. The van der Waals surface area contributed by atoms with E-state index < -0.39 is 0 Å². The van der Waals surface area contributed by atoms with E-state index in [2.05, 4.69) is 6.08 Å². The fourth-order valence-electron chi connectivity index (χ4n) is 3.24. The van der Waals surface area contributed by atoms with Crippen LogP contribution in [0.3, 0.4) is 0 Å². The van der Waals surface area contributed by atoms with Gasteiger partial charge in [0, 0.05) is 11.4 Å². The van der Waals surface area contributed by atoms with Gasteiger partial charge in [-0.2, -0.15) is 5.26 Å². The van der Waals surface area contributed by atoms with Crippen LogP contribution in [0.5, 0.6) is 5.75 Å². The van der Waals surface area contributed by atoms with Crippen molar-refractivity contribution >= 4 is 33.2 Å². The minimum absolute atomic E-state index is 0.0380. The van der Waals surface area contributed by atoms with E-state index in [9.17, 15) is 4.79 Å². The first kappa shape index (κ1) is 16.6. The fraction of sp³-hybridized carbons (Fsp3) is 0.250. The molecule has 0 amide bonds.